The van der Waals surface area contributed by atoms with Gasteiger partial charge >= 0.3 is 0 Å². The lowest BCUT2D eigenvalue weighted by molar-refractivity contribution is 0.0781. The van der Waals surface area contributed by atoms with Crippen molar-refractivity contribution in [3.05, 3.63) is 0 Å². The number of rotatable bonds is 4. The molecule has 1 aliphatic heterocycles. The largest absolute Gasteiger partial charge is 0.378 e. The van der Waals surface area contributed by atoms with Gasteiger partial charge in [-0.2, -0.15) is 0 Å². The highest BCUT2D eigenvalue weighted by molar-refractivity contribution is 4.90. The van der Waals surface area contributed by atoms with Crippen LogP contribution in [-0.2, 0) is 4.74 Å². The summed E-state index contributed by atoms with van der Waals surface area (Å²) >= 11 is 0. The molecule has 2 rings (SSSR count). The summed E-state index contributed by atoms with van der Waals surface area (Å²) in [4.78, 5) is 0. The molecular formula is C15H29NO. The summed E-state index contributed by atoms with van der Waals surface area (Å²) in [7, 11) is 0. The quantitative estimate of drug-likeness (QED) is 0.813. The Morgan fingerprint density at radius 3 is 2.65 bits per heavy atom. The lowest BCUT2D eigenvalue weighted by Gasteiger charge is -2.38. The minimum atomic E-state index is 0.455. The predicted molar refractivity (Wildman–Crippen MR) is 72.1 cm³/mol. The fourth-order valence-electron chi connectivity index (χ4n) is 3.93. The van der Waals surface area contributed by atoms with Crippen LogP contribution in [0.2, 0.25) is 0 Å². The zero-order valence-corrected chi connectivity index (χ0v) is 11.7. The Morgan fingerprint density at radius 2 is 2.06 bits per heavy atom. The van der Waals surface area contributed by atoms with Crippen molar-refractivity contribution in [3.8, 4) is 0 Å². The monoisotopic (exact) mass is 239 g/mol. The van der Waals surface area contributed by atoms with Crippen molar-refractivity contribution in [1.29, 1.82) is 0 Å². The Balaban J connectivity index is 1.99. The van der Waals surface area contributed by atoms with Crippen LogP contribution in [-0.4, -0.2) is 25.3 Å². The normalized spacial score (nSPS) is 40.4. The lowest BCUT2D eigenvalue weighted by atomic mass is 9.73. The van der Waals surface area contributed by atoms with Gasteiger partial charge in [-0.1, -0.05) is 26.7 Å². The van der Waals surface area contributed by atoms with E-state index in [4.69, 9.17) is 4.74 Å². The highest BCUT2D eigenvalue weighted by atomic mass is 16.5. The van der Waals surface area contributed by atoms with Crippen molar-refractivity contribution in [2.45, 2.75) is 65.0 Å². The van der Waals surface area contributed by atoms with Crippen molar-refractivity contribution >= 4 is 0 Å². The summed E-state index contributed by atoms with van der Waals surface area (Å²) in [6.07, 6.45) is 7.41. The molecule has 100 valence electrons. The number of nitrogens with one attached hydrogen (secondary N) is 1. The van der Waals surface area contributed by atoms with Gasteiger partial charge in [-0.3, -0.25) is 0 Å². The van der Waals surface area contributed by atoms with Crippen molar-refractivity contribution < 1.29 is 4.74 Å². The van der Waals surface area contributed by atoms with Crippen molar-refractivity contribution in [1.82, 2.24) is 5.32 Å². The van der Waals surface area contributed by atoms with E-state index in [1.54, 1.807) is 0 Å². The minimum Gasteiger partial charge on any atom is -0.378 e. The van der Waals surface area contributed by atoms with E-state index in [0.29, 0.717) is 12.1 Å². The Hall–Kier alpha value is -0.0800. The van der Waals surface area contributed by atoms with Crippen LogP contribution < -0.4 is 5.32 Å². The summed E-state index contributed by atoms with van der Waals surface area (Å²) in [5.41, 5.74) is 0. The Kier molecular flexibility index (Phi) is 4.87. The third-order valence-electron chi connectivity index (χ3n) is 4.82. The molecule has 1 heterocycles. The SMILES string of the molecule is CCNC(C1CCCC(C)C1)C1CCOC1C. The first-order valence-corrected chi connectivity index (χ1v) is 7.57. The molecule has 17 heavy (non-hydrogen) atoms. The van der Waals surface area contributed by atoms with Gasteiger partial charge in [0.05, 0.1) is 6.10 Å². The maximum absolute atomic E-state index is 5.77. The van der Waals surface area contributed by atoms with E-state index >= 15 is 0 Å². The van der Waals surface area contributed by atoms with E-state index in [-0.39, 0.29) is 0 Å². The van der Waals surface area contributed by atoms with E-state index in [9.17, 15) is 0 Å². The van der Waals surface area contributed by atoms with Crippen molar-refractivity contribution in [2.24, 2.45) is 17.8 Å². The van der Waals surface area contributed by atoms with Crippen LogP contribution in [0.3, 0.4) is 0 Å². The van der Waals surface area contributed by atoms with Crippen LogP contribution in [0.1, 0.15) is 52.9 Å². The van der Waals surface area contributed by atoms with E-state index in [1.165, 1.54) is 32.1 Å². The average Bonchev–Trinajstić information content (AvgIpc) is 2.72. The molecule has 2 aliphatic rings. The van der Waals surface area contributed by atoms with E-state index < -0.39 is 0 Å². The molecule has 0 spiro atoms. The first-order chi connectivity index (χ1) is 8.22. The van der Waals surface area contributed by atoms with Crippen LogP contribution in [0, 0.1) is 17.8 Å². The summed E-state index contributed by atoms with van der Waals surface area (Å²) in [5, 5.41) is 3.77. The summed E-state index contributed by atoms with van der Waals surface area (Å²) in [6.45, 7) is 8.98. The van der Waals surface area contributed by atoms with Crippen LogP contribution >= 0.6 is 0 Å². The Labute approximate surface area is 107 Å². The first-order valence-electron chi connectivity index (χ1n) is 7.57. The summed E-state index contributed by atoms with van der Waals surface area (Å²) in [6, 6.07) is 0.695. The molecule has 2 nitrogen and oxygen atoms in total. The molecule has 0 bridgehead atoms. The fraction of sp³-hybridized carbons (Fsp3) is 1.00. The molecule has 1 saturated carbocycles. The smallest absolute Gasteiger partial charge is 0.0590 e. The van der Waals surface area contributed by atoms with Gasteiger partial charge in [-0.05, 0) is 44.6 Å². The van der Waals surface area contributed by atoms with E-state index in [2.05, 4.69) is 26.1 Å². The summed E-state index contributed by atoms with van der Waals surface area (Å²) in [5.74, 6) is 2.55. The first kappa shape index (κ1) is 13.4. The van der Waals surface area contributed by atoms with E-state index in [1.807, 2.05) is 0 Å². The molecule has 5 unspecified atom stereocenters. The zero-order chi connectivity index (χ0) is 12.3. The zero-order valence-electron chi connectivity index (χ0n) is 11.7. The molecule has 0 radical (unpaired) electrons. The summed E-state index contributed by atoms with van der Waals surface area (Å²) < 4.78 is 5.77. The second kappa shape index (κ2) is 6.19. The molecule has 0 aromatic heterocycles. The van der Waals surface area contributed by atoms with Gasteiger partial charge in [0.2, 0.25) is 0 Å². The van der Waals surface area contributed by atoms with Crippen molar-refractivity contribution in [3.63, 3.8) is 0 Å². The Bertz CT molecular complexity index is 231. The third kappa shape index (κ3) is 3.23. The highest BCUT2D eigenvalue weighted by Gasteiger charge is 2.37. The van der Waals surface area contributed by atoms with Gasteiger partial charge in [0.1, 0.15) is 0 Å². The van der Waals surface area contributed by atoms with Crippen LogP contribution in [0.5, 0.6) is 0 Å². The number of hydrogen-bond acceptors (Lipinski definition) is 2. The molecule has 5 atom stereocenters. The number of hydrogen-bond donors (Lipinski definition) is 1. The average molecular weight is 239 g/mol. The lowest BCUT2D eigenvalue weighted by Crippen LogP contribution is -2.46. The third-order valence-corrected chi connectivity index (χ3v) is 4.82. The van der Waals surface area contributed by atoms with Crippen LogP contribution in [0.4, 0.5) is 0 Å². The molecule has 1 N–H and O–H groups in total. The van der Waals surface area contributed by atoms with Gasteiger partial charge in [0, 0.05) is 18.6 Å². The second-order valence-electron chi connectivity index (χ2n) is 6.14. The standard InChI is InChI=1S/C15H29NO/c1-4-16-15(14-8-9-17-12(14)3)13-7-5-6-11(2)10-13/h11-16H,4-10H2,1-3H3. The maximum atomic E-state index is 5.77. The predicted octanol–water partition coefficient (Wildman–Crippen LogP) is 3.22. The molecule has 0 aromatic carbocycles. The van der Waals surface area contributed by atoms with Crippen LogP contribution in [0.25, 0.3) is 0 Å². The molecule has 2 heteroatoms. The van der Waals surface area contributed by atoms with Gasteiger partial charge < -0.3 is 10.1 Å². The van der Waals surface area contributed by atoms with Crippen LogP contribution in [0.15, 0.2) is 0 Å². The van der Waals surface area contributed by atoms with Gasteiger partial charge in [0.25, 0.3) is 0 Å². The fourth-order valence-corrected chi connectivity index (χ4v) is 3.93. The Morgan fingerprint density at radius 1 is 1.24 bits per heavy atom. The minimum absolute atomic E-state index is 0.455. The topological polar surface area (TPSA) is 21.3 Å². The van der Waals surface area contributed by atoms with Gasteiger partial charge in [-0.25, -0.2) is 0 Å². The van der Waals surface area contributed by atoms with E-state index in [0.717, 1.165) is 30.9 Å². The second-order valence-corrected chi connectivity index (χ2v) is 6.14. The molecule has 1 aliphatic carbocycles. The van der Waals surface area contributed by atoms with Gasteiger partial charge in [0.15, 0.2) is 0 Å². The number of ether oxygens (including phenoxy) is 1. The molecule has 2 fully saturated rings. The van der Waals surface area contributed by atoms with Crippen molar-refractivity contribution in [2.75, 3.05) is 13.2 Å². The highest BCUT2D eigenvalue weighted by Crippen LogP contribution is 2.36. The molecule has 0 amide bonds. The molecular weight excluding hydrogens is 210 g/mol. The maximum Gasteiger partial charge on any atom is 0.0590 e. The molecule has 0 aromatic rings. The molecule has 1 saturated heterocycles. The van der Waals surface area contributed by atoms with Gasteiger partial charge in [-0.15, -0.1) is 0 Å².